The molecule has 0 bridgehead atoms. The molecule has 1 unspecified atom stereocenters. The molecular weight excluding hydrogens is 316 g/mol. The molecule has 5 heteroatoms. The number of hydrogen-bond acceptors (Lipinski definition) is 2. The molecule has 1 aromatic rings. The van der Waals surface area contributed by atoms with E-state index in [9.17, 15) is 13.9 Å². The zero-order valence-corrected chi connectivity index (χ0v) is 12.2. The molecule has 1 aliphatic carbocycles. The number of halogens is 3. The molecule has 1 aliphatic rings. The summed E-state index contributed by atoms with van der Waals surface area (Å²) in [6.45, 7) is 0.283. The van der Waals surface area contributed by atoms with Crippen LogP contribution in [0.5, 0.6) is 0 Å². The largest absolute Gasteiger partial charge is 0.391 e. The van der Waals surface area contributed by atoms with Gasteiger partial charge in [-0.2, -0.15) is 0 Å². The lowest BCUT2D eigenvalue weighted by molar-refractivity contribution is 0.155. The summed E-state index contributed by atoms with van der Waals surface area (Å²) in [6, 6.07) is 2.18. The molecule has 2 nitrogen and oxygen atoms in total. The Morgan fingerprint density at radius 1 is 1.26 bits per heavy atom. The van der Waals surface area contributed by atoms with Gasteiger partial charge >= 0.3 is 0 Å². The van der Waals surface area contributed by atoms with E-state index >= 15 is 0 Å². The molecule has 0 amide bonds. The monoisotopic (exact) mass is 333 g/mol. The van der Waals surface area contributed by atoms with E-state index in [1.54, 1.807) is 0 Å². The van der Waals surface area contributed by atoms with Crippen molar-refractivity contribution >= 4 is 21.6 Å². The van der Waals surface area contributed by atoms with Crippen LogP contribution in [0.1, 0.15) is 32.1 Å². The highest BCUT2D eigenvalue weighted by Gasteiger charge is 2.19. The lowest BCUT2D eigenvalue weighted by Gasteiger charge is -2.17. The molecule has 1 saturated carbocycles. The second kappa shape index (κ2) is 6.66. The predicted molar refractivity (Wildman–Crippen MR) is 75.1 cm³/mol. The molecular formula is C14H18BrF2NO. The number of aliphatic hydroxyl groups excluding tert-OH is 1. The number of nitrogens with one attached hydrogen (secondary N) is 1. The van der Waals surface area contributed by atoms with E-state index in [1.807, 2.05) is 0 Å². The third-order valence-electron chi connectivity index (χ3n) is 3.62. The molecule has 0 spiro atoms. The van der Waals surface area contributed by atoms with Gasteiger partial charge in [-0.15, -0.1) is 0 Å². The van der Waals surface area contributed by atoms with Crippen LogP contribution in [0.2, 0.25) is 0 Å². The van der Waals surface area contributed by atoms with E-state index in [4.69, 9.17) is 0 Å². The molecule has 0 aromatic heterocycles. The van der Waals surface area contributed by atoms with Crippen molar-refractivity contribution in [2.45, 2.75) is 38.2 Å². The maximum atomic E-state index is 13.5. The summed E-state index contributed by atoms with van der Waals surface area (Å²) in [4.78, 5) is 0. The standard InChI is InChI=1S/C14H18BrF2NO/c15-11-6-14(13(17)7-12(11)16)18-8-10(19)5-9-3-1-2-4-9/h6-7,9-10,18-19H,1-5,8H2. The number of aliphatic hydroxyl groups is 1. The van der Waals surface area contributed by atoms with Crippen LogP contribution in [0, 0.1) is 17.6 Å². The first kappa shape index (κ1) is 14.7. The molecule has 0 heterocycles. The summed E-state index contributed by atoms with van der Waals surface area (Å²) < 4.78 is 26.8. The molecule has 0 aliphatic heterocycles. The number of anilines is 1. The number of benzene rings is 1. The number of rotatable bonds is 5. The van der Waals surface area contributed by atoms with Gasteiger partial charge in [0.05, 0.1) is 16.3 Å². The Morgan fingerprint density at radius 2 is 1.95 bits per heavy atom. The Labute approximate surface area is 120 Å². The lowest BCUT2D eigenvalue weighted by atomic mass is 10.00. The van der Waals surface area contributed by atoms with Gasteiger partial charge in [-0.1, -0.05) is 25.7 Å². The molecule has 0 radical (unpaired) electrons. The zero-order valence-electron chi connectivity index (χ0n) is 10.6. The van der Waals surface area contributed by atoms with Crippen molar-refractivity contribution in [2.24, 2.45) is 5.92 Å². The van der Waals surface area contributed by atoms with E-state index in [0.29, 0.717) is 5.92 Å². The van der Waals surface area contributed by atoms with Gasteiger partial charge in [0.2, 0.25) is 0 Å². The van der Waals surface area contributed by atoms with Crippen LogP contribution >= 0.6 is 15.9 Å². The maximum Gasteiger partial charge on any atom is 0.149 e. The van der Waals surface area contributed by atoms with Crippen LogP contribution in [0.15, 0.2) is 16.6 Å². The minimum Gasteiger partial charge on any atom is -0.391 e. The van der Waals surface area contributed by atoms with Crippen LogP contribution in [0.4, 0.5) is 14.5 Å². The Kier molecular flexibility index (Phi) is 5.16. The molecule has 1 fully saturated rings. The normalized spacial score (nSPS) is 17.7. The van der Waals surface area contributed by atoms with Gasteiger partial charge in [-0.25, -0.2) is 8.78 Å². The minimum atomic E-state index is -0.645. The van der Waals surface area contributed by atoms with E-state index in [-0.39, 0.29) is 16.7 Å². The quantitative estimate of drug-likeness (QED) is 0.796. The Hall–Kier alpha value is -0.680. The van der Waals surface area contributed by atoms with E-state index in [2.05, 4.69) is 21.2 Å². The van der Waals surface area contributed by atoms with Crippen LogP contribution in [0.3, 0.4) is 0 Å². The van der Waals surface area contributed by atoms with Crippen LogP contribution in [0.25, 0.3) is 0 Å². The zero-order chi connectivity index (χ0) is 13.8. The van der Waals surface area contributed by atoms with Gasteiger partial charge in [-0.05, 0) is 34.3 Å². The summed E-state index contributed by atoms with van der Waals surface area (Å²) in [5.41, 5.74) is 0.207. The fourth-order valence-corrected chi connectivity index (χ4v) is 2.94. The minimum absolute atomic E-state index is 0.207. The summed E-state index contributed by atoms with van der Waals surface area (Å²) in [5, 5.41) is 12.7. The summed E-state index contributed by atoms with van der Waals surface area (Å²) in [5.74, 6) is -0.690. The second-order valence-corrected chi connectivity index (χ2v) is 6.02. The third-order valence-corrected chi connectivity index (χ3v) is 4.23. The first-order valence-corrected chi connectivity index (χ1v) is 7.42. The Bertz CT molecular complexity index is 436. The highest BCUT2D eigenvalue weighted by atomic mass is 79.9. The van der Waals surface area contributed by atoms with Gasteiger partial charge in [0.25, 0.3) is 0 Å². The molecule has 19 heavy (non-hydrogen) atoms. The first-order chi connectivity index (χ1) is 9.06. The van der Waals surface area contributed by atoms with Crippen molar-refractivity contribution in [3.63, 3.8) is 0 Å². The van der Waals surface area contributed by atoms with Crippen LogP contribution in [-0.2, 0) is 0 Å². The van der Waals surface area contributed by atoms with Gasteiger partial charge < -0.3 is 10.4 Å². The number of hydrogen-bond donors (Lipinski definition) is 2. The molecule has 2 N–H and O–H groups in total. The average molecular weight is 334 g/mol. The highest BCUT2D eigenvalue weighted by Crippen LogP contribution is 2.29. The van der Waals surface area contributed by atoms with Crippen molar-refractivity contribution in [2.75, 3.05) is 11.9 Å². The smallest absolute Gasteiger partial charge is 0.149 e. The topological polar surface area (TPSA) is 32.3 Å². The lowest BCUT2D eigenvalue weighted by Crippen LogP contribution is -2.22. The molecule has 1 atom stereocenters. The Morgan fingerprint density at radius 3 is 2.63 bits per heavy atom. The maximum absolute atomic E-state index is 13.5. The van der Waals surface area contributed by atoms with Gasteiger partial charge in [0, 0.05) is 12.6 Å². The SMILES string of the molecule is OC(CNc1cc(Br)c(F)cc1F)CC1CCCC1. The van der Waals surface area contributed by atoms with E-state index in [1.165, 1.54) is 31.7 Å². The summed E-state index contributed by atoms with van der Waals surface area (Å²) >= 11 is 3.01. The molecule has 2 rings (SSSR count). The summed E-state index contributed by atoms with van der Waals surface area (Å²) in [7, 11) is 0. The van der Waals surface area contributed by atoms with Gasteiger partial charge in [-0.3, -0.25) is 0 Å². The van der Waals surface area contributed by atoms with E-state index in [0.717, 1.165) is 12.5 Å². The summed E-state index contributed by atoms with van der Waals surface area (Å²) in [6.07, 6.45) is 5.08. The van der Waals surface area contributed by atoms with Gasteiger partial charge in [0.15, 0.2) is 0 Å². The van der Waals surface area contributed by atoms with Crippen molar-refractivity contribution < 1.29 is 13.9 Å². The highest BCUT2D eigenvalue weighted by molar-refractivity contribution is 9.10. The molecule has 0 saturated heterocycles. The predicted octanol–water partition coefficient (Wildman–Crippen LogP) is 4.08. The van der Waals surface area contributed by atoms with E-state index < -0.39 is 17.7 Å². The Balaban J connectivity index is 1.85. The fourth-order valence-electron chi connectivity index (χ4n) is 2.60. The second-order valence-electron chi connectivity index (χ2n) is 5.17. The first-order valence-electron chi connectivity index (χ1n) is 6.62. The van der Waals surface area contributed by atoms with Crippen molar-refractivity contribution in [1.29, 1.82) is 0 Å². The van der Waals surface area contributed by atoms with Crippen LogP contribution < -0.4 is 5.32 Å². The fraction of sp³-hybridized carbons (Fsp3) is 0.571. The average Bonchev–Trinajstić information content (AvgIpc) is 2.85. The van der Waals surface area contributed by atoms with Gasteiger partial charge in [0.1, 0.15) is 11.6 Å². The third kappa shape index (κ3) is 4.14. The molecule has 106 valence electrons. The van der Waals surface area contributed by atoms with Crippen molar-refractivity contribution in [3.05, 3.63) is 28.2 Å². The van der Waals surface area contributed by atoms with Crippen molar-refractivity contribution in [1.82, 2.24) is 0 Å². The van der Waals surface area contributed by atoms with Crippen LogP contribution in [-0.4, -0.2) is 17.8 Å². The molecule has 1 aromatic carbocycles. The van der Waals surface area contributed by atoms with Crippen molar-refractivity contribution in [3.8, 4) is 0 Å².